The molecule has 2 aromatic heterocycles. The maximum absolute atomic E-state index is 10.4. The number of fused-ring (bicyclic) bond motifs is 1. The minimum absolute atomic E-state index is 0.0912. The summed E-state index contributed by atoms with van der Waals surface area (Å²) < 4.78 is 2.07. The number of benzene rings is 1. The Morgan fingerprint density at radius 3 is 2.70 bits per heavy atom. The third-order valence-electron chi connectivity index (χ3n) is 4.02. The zero-order chi connectivity index (χ0) is 16.4. The molecule has 0 radical (unpaired) electrons. The SMILES string of the molecule is Cc1ccc2ncc(CNC(C)C(O)c3ccc(Cl)cc3)n2c1. The van der Waals surface area contributed by atoms with E-state index in [1.165, 1.54) is 5.56 Å². The van der Waals surface area contributed by atoms with Crippen LogP contribution in [0.1, 0.15) is 29.8 Å². The standard InChI is InChI=1S/C18H20ClN3O/c1-12-3-8-17-21-10-16(22(17)11-12)9-20-13(2)18(23)14-4-6-15(19)7-5-14/h3-8,10-11,13,18,20,23H,9H2,1-2H3. The van der Waals surface area contributed by atoms with Crippen molar-refractivity contribution in [3.8, 4) is 0 Å². The average molecular weight is 330 g/mol. The van der Waals surface area contributed by atoms with Crippen molar-refractivity contribution >= 4 is 17.2 Å². The number of aromatic nitrogens is 2. The molecule has 0 aliphatic rings. The van der Waals surface area contributed by atoms with Crippen LogP contribution in [0.5, 0.6) is 0 Å². The third kappa shape index (κ3) is 3.55. The molecule has 2 N–H and O–H groups in total. The predicted molar refractivity (Wildman–Crippen MR) is 92.6 cm³/mol. The number of hydrogen-bond donors (Lipinski definition) is 2. The van der Waals surface area contributed by atoms with E-state index in [-0.39, 0.29) is 6.04 Å². The lowest BCUT2D eigenvalue weighted by Crippen LogP contribution is -2.32. The summed E-state index contributed by atoms with van der Waals surface area (Å²) in [5.74, 6) is 0. The van der Waals surface area contributed by atoms with Gasteiger partial charge in [0.1, 0.15) is 5.65 Å². The summed E-state index contributed by atoms with van der Waals surface area (Å²) in [5, 5.41) is 14.5. The van der Waals surface area contributed by atoms with Crippen molar-refractivity contribution in [2.24, 2.45) is 0 Å². The molecule has 5 heteroatoms. The second-order valence-electron chi connectivity index (χ2n) is 5.85. The largest absolute Gasteiger partial charge is 0.387 e. The monoisotopic (exact) mass is 329 g/mol. The van der Waals surface area contributed by atoms with Crippen LogP contribution >= 0.6 is 11.6 Å². The molecule has 0 saturated heterocycles. The van der Waals surface area contributed by atoms with E-state index in [4.69, 9.17) is 11.6 Å². The van der Waals surface area contributed by atoms with Crippen LogP contribution in [0.15, 0.2) is 48.8 Å². The Hall–Kier alpha value is -1.88. The first-order valence-electron chi connectivity index (χ1n) is 7.64. The molecule has 0 aliphatic carbocycles. The van der Waals surface area contributed by atoms with Gasteiger partial charge in [-0.15, -0.1) is 0 Å². The van der Waals surface area contributed by atoms with Gasteiger partial charge in [0.2, 0.25) is 0 Å². The molecule has 0 spiro atoms. The van der Waals surface area contributed by atoms with E-state index >= 15 is 0 Å². The zero-order valence-electron chi connectivity index (χ0n) is 13.2. The molecule has 2 heterocycles. The van der Waals surface area contributed by atoms with Crippen LogP contribution in [-0.4, -0.2) is 20.5 Å². The van der Waals surface area contributed by atoms with Gasteiger partial charge in [0.05, 0.1) is 18.0 Å². The average Bonchev–Trinajstić information content (AvgIpc) is 2.95. The molecule has 2 unspecified atom stereocenters. The number of imidazole rings is 1. The lowest BCUT2D eigenvalue weighted by molar-refractivity contribution is 0.135. The van der Waals surface area contributed by atoms with E-state index in [0.717, 1.165) is 16.9 Å². The Labute approximate surface area is 140 Å². The fraction of sp³-hybridized carbons (Fsp3) is 0.278. The Balaban J connectivity index is 1.69. The number of hydrogen-bond acceptors (Lipinski definition) is 3. The van der Waals surface area contributed by atoms with Gasteiger partial charge < -0.3 is 14.8 Å². The van der Waals surface area contributed by atoms with Gasteiger partial charge in [0.15, 0.2) is 0 Å². The number of halogens is 1. The summed E-state index contributed by atoms with van der Waals surface area (Å²) >= 11 is 5.89. The van der Waals surface area contributed by atoms with Crippen molar-refractivity contribution in [2.45, 2.75) is 32.5 Å². The summed E-state index contributed by atoms with van der Waals surface area (Å²) in [6, 6.07) is 11.2. The van der Waals surface area contributed by atoms with Gasteiger partial charge in [-0.2, -0.15) is 0 Å². The first kappa shape index (κ1) is 16.0. The molecule has 23 heavy (non-hydrogen) atoms. The second-order valence-corrected chi connectivity index (χ2v) is 6.29. The molecular formula is C18H20ClN3O. The van der Waals surface area contributed by atoms with Crippen molar-refractivity contribution < 1.29 is 5.11 Å². The third-order valence-corrected chi connectivity index (χ3v) is 4.27. The Morgan fingerprint density at radius 1 is 1.22 bits per heavy atom. The summed E-state index contributed by atoms with van der Waals surface area (Å²) in [7, 11) is 0. The highest BCUT2D eigenvalue weighted by Gasteiger charge is 2.16. The van der Waals surface area contributed by atoms with Crippen molar-refractivity contribution in [2.75, 3.05) is 0 Å². The van der Waals surface area contributed by atoms with Gasteiger partial charge in [0, 0.05) is 23.8 Å². The van der Waals surface area contributed by atoms with E-state index < -0.39 is 6.10 Å². The van der Waals surface area contributed by atoms with Gasteiger partial charge in [-0.25, -0.2) is 4.98 Å². The fourth-order valence-corrected chi connectivity index (χ4v) is 2.72. The number of rotatable bonds is 5. The van der Waals surface area contributed by atoms with E-state index in [0.29, 0.717) is 11.6 Å². The summed E-state index contributed by atoms with van der Waals surface area (Å²) in [6.45, 7) is 4.66. The second kappa shape index (κ2) is 6.71. The smallest absolute Gasteiger partial charge is 0.136 e. The van der Waals surface area contributed by atoms with E-state index in [1.54, 1.807) is 12.1 Å². The summed E-state index contributed by atoms with van der Waals surface area (Å²) in [4.78, 5) is 4.40. The van der Waals surface area contributed by atoms with Crippen molar-refractivity contribution in [3.05, 3.63) is 70.6 Å². The number of aliphatic hydroxyl groups excluding tert-OH is 1. The van der Waals surface area contributed by atoms with E-state index in [9.17, 15) is 5.11 Å². The first-order chi connectivity index (χ1) is 11.0. The van der Waals surface area contributed by atoms with Gasteiger partial charge in [0.25, 0.3) is 0 Å². The molecule has 3 aromatic rings. The quantitative estimate of drug-likeness (QED) is 0.753. The van der Waals surface area contributed by atoms with Gasteiger partial charge in [-0.05, 0) is 43.2 Å². The maximum atomic E-state index is 10.4. The Kier molecular flexibility index (Phi) is 4.66. The highest BCUT2D eigenvalue weighted by Crippen LogP contribution is 2.19. The van der Waals surface area contributed by atoms with E-state index in [1.807, 2.05) is 37.4 Å². The molecule has 0 amide bonds. The lowest BCUT2D eigenvalue weighted by Gasteiger charge is -2.20. The zero-order valence-corrected chi connectivity index (χ0v) is 14.0. The molecule has 2 atom stereocenters. The van der Waals surface area contributed by atoms with Crippen molar-refractivity contribution in [1.29, 1.82) is 0 Å². The van der Waals surface area contributed by atoms with Crippen LogP contribution in [0.3, 0.4) is 0 Å². The van der Waals surface area contributed by atoms with Crippen LogP contribution in [-0.2, 0) is 6.54 Å². The minimum Gasteiger partial charge on any atom is -0.387 e. The van der Waals surface area contributed by atoms with Crippen LogP contribution in [0, 0.1) is 6.92 Å². The molecule has 1 aromatic carbocycles. The van der Waals surface area contributed by atoms with Crippen molar-refractivity contribution in [1.82, 2.24) is 14.7 Å². The fourth-order valence-electron chi connectivity index (χ4n) is 2.59. The Bertz CT molecular complexity index is 798. The van der Waals surface area contributed by atoms with Crippen molar-refractivity contribution in [3.63, 3.8) is 0 Å². The lowest BCUT2D eigenvalue weighted by atomic mass is 10.0. The summed E-state index contributed by atoms with van der Waals surface area (Å²) in [5.41, 5.74) is 4.03. The summed E-state index contributed by atoms with van der Waals surface area (Å²) in [6.07, 6.45) is 3.34. The molecule has 3 rings (SSSR count). The number of aliphatic hydroxyl groups is 1. The minimum atomic E-state index is -0.590. The number of nitrogens with zero attached hydrogens (tertiary/aromatic N) is 2. The number of aryl methyl sites for hydroxylation is 1. The maximum Gasteiger partial charge on any atom is 0.136 e. The Morgan fingerprint density at radius 2 is 1.96 bits per heavy atom. The molecule has 0 bridgehead atoms. The highest BCUT2D eigenvalue weighted by atomic mass is 35.5. The molecule has 0 aliphatic heterocycles. The van der Waals surface area contributed by atoms with Crippen LogP contribution < -0.4 is 5.32 Å². The molecular weight excluding hydrogens is 310 g/mol. The topological polar surface area (TPSA) is 49.6 Å². The molecule has 120 valence electrons. The van der Waals surface area contributed by atoms with Crippen LogP contribution in [0.4, 0.5) is 0 Å². The van der Waals surface area contributed by atoms with E-state index in [2.05, 4.69) is 27.8 Å². The molecule has 4 nitrogen and oxygen atoms in total. The van der Waals surface area contributed by atoms with Crippen LogP contribution in [0.2, 0.25) is 5.02 Å². The van der Waals surface area contributed by atoms with Crippen LogP contribution in [0.25, 0.3) is 5.65 Å². The number of nitrogens with one attached hydrogen (secondary N) is 1. The van der Waals surface area contributed by atoms with Gasteiger partial charge in [-0.1, -0.05) is 29.8 Å². The molecule has 0 saturated carbocycles. The normalized spacial score (nSPS) is 14.1. The van der Waals surface area contributed by atoms with Gasteiger partial charge in [-0.3, -0.25) is 0 Å². The highest BCUT2D eigenvalue weighted by molar-refractivity contribution is 6.30. The number of pyridine rings is 1. The molecule has 0 fully saturated rings. The van der Waals surface area contributed by atoms with Gasteiger partial charge >= 0.3 is 0 Å². The predicted octanol–water partition coefficient (Wildman–Crippen LogP) is 3.51. The first-order valence-corrected chi connectivity index (χ1v) is 8.02.